The summed E-state index contributed by atoms with van der Waals surface area (Å²) in [7, 11) is 0. The monoisotopic (exact) mass is 259 g/mol. The quantitative estimate of drug-likeness (QED) is 0.855. The summed E-state index contributed by atoms with van der Waals surface area (Å²) < 4.78 is 0. The SMILES string of the molecule is Cc1cccnc1CSc1cccc(C(=O)O)c1. The van der Waals surface area contributed by atoms with E-state index in [2.05, 4.69) is 4.98 Å². The molecule has 18 heavy (non-hydrogen) atoms. The number of benzene rings is 1. The van der Waals surface area contributed by atoms with Crippen molar-refractivity contribution in [2.75, 3.05) is 0 Å². The van der Waals surface area contributed by atoms with E-state index in [0.717, 1.165) is 21.9 Å². The van der Waals surface area contributed by atoms with Gasteiger partial charge in [0.25, 0.3) is 0 Å². The van der Waals surface area contributed by atoms with Crippen LogP contribution in [0.2, 0.25) is 0 Å². The van der Waals surface area contributed by atoms with Crippen molar-refractivity contribution in [1.29, 1.82) is 0 Å². The Morgan fingerprint density at radius 3 is 2.89 bits per heavy atom. The molecule has 0 aliphatic heterocycles. The fourth-order valence-corrected chi connectivity index (χ4v) is 2.53. The predicted molar refractivity (Wildman–Crippen MR) is 71.9 cm³/mol. The van der Waals surface area contributed by atoms with Gasteiger partial charge < -0.3 is 5.11 Å². The molecule has 2 rings (SSSR count). The van der Waals surface area contributed by atoms with Crippen molar-refractivity contribution in [2.45, 2.75) is 17.6 Å². The Kier molecular flexibility index (Phi) is 3.99. The average molecular weight is 259 g/mol. The zero-order valence-corrected chi connectivity index (χ0v) is 10.8. The highest BCUT2D eigenvalue weighted by Gasteiger charge is 2.05. The van der Waals surface area contributed by atoms with Crippen molar-refractivity contribution < 1.29 is 9.90 Å². The molecular formula is C14H13NO2S. The third-order valence-electron chi connectivity index (χ3n) is 2.57. The molecule has 0 bridgehead atoms. The predicted octanol–water partition coefficient (Wildman–Crippen LogP) is 3.38. The number of nitrogens with zero attached hydrogens (tertiary/aromatic N) is 1. The Morgan fingerprint density at radius 1 is 1.33 bits per heavy atom. The Bertz CT molecular complexity index is 569. The highest BCUT2D eigenvalue weighted by atomic mass is 32.2. The second kappa shape index (κ2) is 5.69. The van der Waals surface area contributed by atoms with Crippen LogP contribution in [0.15, 0.2) is 47.5 Å². The van der Waals surface area contributed by atoms with Crippen LogP contribution in [0.25, 0.3) is 0 Å². The van der Waals surface area contributed by atoms with Crippen molar-refractivity contribution in [3.05, 3.63) is 59.4 Å². The van der Waals surface area contributed by atoms with Crippen LogP contribution in [-0.2, 0) is 5.75 Å². The summed E-state index contributed by atoms with van der Waals surface area (Å²) >= 11 is 1.59. The molecule has 1 heterocycles. The molecule has 0 unspecified atom stereocenters. The molecule has 2 aromatic rings. The molecule has 1 aromatic heterocycles. The van der Waals surface area contributed by atoms with Gasteiger partial charge in [-0.1, -0.05) is 12.1 Å². The summed E-state index contributed by atoms with van der Waals surface area (Å²) in [5.74, 6) is -0.151. The normalized spacial score (nSPS) is 10.3. The maximum Gasteiger partial charge on any atom is 0.335 e. The second-order valence-corrected chi connectivity index (χ2v) is 4.94. The minimum atomic E-state index is -0.897. The number of hydrogen-bond acceptors (Lipinski definition) is 3. The van der Waals surface area contributed by atoms with Gasteiger partial charge in [-0.15, -0.1) is 11.8 Å². The Morgan fingerprint density at radius 2 is 2.17 bits per heavy atom. The highest BCUT2D eigenvalue weighted by Crippen LogP contribution is 2.23. The van der Waals surface area contributed by atoms with Gasteiger partial charge in [0.05, 0.1) is 11.3 Å². The molecular weight excluding hydrogens is 246 g/mol. The van der Waals surface area contributed by atoms with E-state index in [0.29, 0.717) is 5.56 Å². The lowest BCUT2D eigenvalue weighted by Crippen LogP contribution is -1.95. The number of rotatable bonds is 4. The number of aromatic carboxylic acids is 1. The number of hydrogen-bond donors (Lipinski definition) is 1. The fraction of sp³-hybridized carbons (Fsp3) is 0.143. The maximum absolute atomic E-state index is 10.9. The van der Waals surface area contributed by atoms with Gasteiger partial charge in [-0.25, -0.2) is 4.79 Å². The largest absolute Gasteiger partial charge is 0.478 e. The van der Waals surface area contributed by atoms with Crippen molar-refractivity contribution >= 4 is 17.7 Å². The second-order valence-electron chi connectivity index (χ2n) is 3.89. The number of aromatic nitrogens is 1. The molecule has 4 heteroatoms. The standard InChI is InChI=1S/C14H13NO2S/c1-10-4-3-7-15-13(10)9-18-12-6-2-5-11(8-12)14(16)17/h2-8H,9H2,1H3,(H,16,17). The van der Waals surface area contributed by atoms with Gasteiger partial charge in [0.15, 0.2) is 0 Å². The van der Waals surface area contributed by atoms with Crippen molar-refractivity contribution in [3.8, 4) is 0 Å². The zero-order chi connectivity index (χ0) is 13.0. The minimum Gasteiger partial charge on any atom is -0.478 e. The van der Waals surface area contributed by atoms with E-state index in [4.69, 9.17) is 5.11 Å². The third-order valence-corrected chi connectivity index (χ3v) is 3.58. The number of carbonyl (C=O) groups is 1. The molecule has 1 aromatic carbocycles. The first-order valence-electron chi connectivity index (χ1n) is 5.53. The van der Waals surface area contributed by atoms with Crippen molar-refractivity contribution in [2.24, 2.45) is 0 Å². The molecule has 3 nitrogen and oxygen atoms in total. The molecule has 0 amide bonds. The highest BCUT2D eigenvalue weighted by molar-refractivity contribution is 7.98. The lowest BCUT2D eigenvalue weighted by atomic mass is 10.2. The molecule has 0 radical (unpaired) electrons. The van der Waals surface area contributed by atoms with Crippen LogP contribution in [0.4, 0.5) is 0 Å². The molecule has 0 fully saturated rings. The smallest absolute Gasteiger partial charge is 0.335 e. The van der Waals surface area contributed by atoms with E-state index in [9.17, 15) is 4.79 Å². The summed E-state index contributed by atoms with van der Waals surface area (Å²) in [6.07, 6.45) is 1.77. The van der Waals surface area contributed by atoms with E-state index in [1.54, 1.807) is 36.2 Å². The summed E-state index contributed by atoms with van der Waals surface area (Å²) in [4.78, 5) is 16.1. The van der Waals surface area contributed by atoms with Gasteiger partial charge >= 0.3 is 5.97 Å². The van der Waals surface area contributed by atoms with Crippen molar-refractivity contribution in [3.63, 3.8) is 0 Å². The van der Waals surface area contributed by atoms with Gasteiger partial charge in [-0.3, -0.25) is 4.98 Å². The van der Waals surface area contributed by atoms with Crippen LogP contribution in [0, 0.1) is 6.92 Å². The minimum absolute atomic E-state index is 0.317. The van der Waals surface area contributed by atoms with Crippen LogP contribution in [0.1, 0.15) is 21.6 Å². The average Bonchev–Trinajstić information content (AvgIpc) is 2.38. The topological polar surface area (TPSA) is 50.2 Å². The fourth-order valence-electron chi connectivity index (χ4n) is 1.54. The van der Waals surface area contributed by atoms with E-state index < -0.39 is 5.97 Å². The third kappa shape index (κ3) is 3.11. The molecule has 0 saturated carbocycles. The Hall–Kier alpha value is -1.81. The lowest BCUT2D eigenvalue weighted by molar-refractivity contribution is 0.0696. The van der Waals surface area contributed by atoms with Gasteiger partial charge in [0.2, 0.25) is 0 Å². The van der Waals surface area contributed by atoms with Crippen LogP contribution in [0.5, 0.6) is 0 Å². The number of pyridine rings is 1. The first kappa shape index (κ1) is 12.6. The maximum atomic E-state index is 10.9. The molecule has 1 N–H and O–H groups in total. The number of carboxylic acids is 1. The molecule has 0 saturated heterocycles. The first-order chi connectivity index (χ1) is 8.66. The van der Waals surface area contributed by atoms with E-state index >= 15 is 0 Å². The number of aryl methyl sites for hydroxylation is 1. The Balaban J connectivity index is 2.09. The summed E-state index contributed by atoms with van der Waals surface area (Å²) in [5.41, 5.74) is 2.50. The summed E-state index contributed by atoms with van der Waals surface area (Å²) in [6, 6.07) is 10.9. The zero-order valence-electron chi connectivity index (χ0n) is 9.96. The molecule has 0 atom stereocenters. The summed E-state index contributed by atoms with van der Waals surface area (Å²) in [6.45, 7) is 2.02. The van der Waals surface area contributed by atoms with E-state index in [1.165, 1.54) is 0 Å². The van der Waals surface area contributed by atoms with Gasteiger partial charge in [-0.05, 0) is 36.8 Å². The first-order valence-corrected chi connectivity index (χ1v) is 6.52. The van der Waals surface area contributed by atoms with Crippen molar-refractivity contribution in [1.82, 2.24) is 4.98 Å². The van der Waals surface area contributed by atoms with E-state index in [-0.39, 0.29) is 0 Å². The lowest BCUT2D eigenvalue weighted by Gasteiger charge is -2.05. The molecule has 0 aliphatic rings. The van der Waals surface area contributed by atoms with Crippen LogP contribution in [0.3, 0.4) is 0 Å². The van der Waals surface area contributed by atoms with Crippen LogP contribution >= 0.6 is 11.8 Å². The molecule has 0 aliphatic carbocycles. The summed E-state index contributed by atoms with van der Waals surface area (Å²) in [5, 5.41) is 8.92. The number of carboxylic acid groups (broad SMARTS) is 1. The van der Waals surface area contributed by atoms with Gasteiger partial charge in [-0.2, -0.15) is 0 Å². The van der Waals surface area contributed by atoms with Crippen LogP contribution in [-0.4, -0.2) is 16.1 Å². The van der Waals surface area contributed by atoms with E-state index in [1.807, 2.05) is 25.1 Å². The number of thioether (sulfide) groups is 1. The molecule has 0 spiro atoms. The Labute approximate surface area is 110 Å². The van der Waals surface area contributed by atoms with Gasteiger partial charge in [0, 0.05) is 16.8 Å². The van der Waals surface area contributed by atoms with Gasteiger partial charge in [0.1, 0.15) is 0 Å². The molecule has 92 valence electrons. The van der Waals surface area contributed by atoms with Crippen LogP contribution < -0.4 is 0 Å².